The maximum Gasteiger partial charge on any atom is 0.251 e. The van der Waals surface area contributed by atoms with Gasteiger partial charge in [0, 0.05) is 59.5 Å². The Morgan fingerprint density at radius 2 is 1.67 bits per heavy atom. The fourth-order valence-electron chi connectivity index (χ4n) is 5.93. The standard InChI is InChI=1S/C32H28Cl3N5O2S/c33-23-9-10-26(25(35)14-23)37-32(43)38-27-13-20(31(42)36-15-21-4-1-2-5-24(21)34)8-11-29(27)39-16-19-12-22(18-39)28-6-3-7-30(41)40(28)17-19/h1-11,13-14,19,22H,12,15-18H2,(H,36,42)(H2,37,38,43)/t19-,22+/m1/s1. The third kappa shape index (κ3) is 6.53. The molecular weight excluding hydrogens is 625 g/mol. The number of thiocarbonyl (C=S) groups is 1. The molecular formula is C32H28Cl3N5O2S. The zero-order valence-electron chi connectivity index (χ0n) is 22.9. The van der Waals surface area contributed by atoms with Crippen LogP contribution in [0.1, 0.15) is 34.0 Å². The highest BCUT2D eigenvalue weighted by molar-refractivity contribution is 7.80. The predicted molar refractivity (Wildman–Crippen MR) is 179 cm³/mol. The summed E-state index contributed by atoms with van der Waals surface area (Å²) >= 11 is 24.4. The van der Waals surface area contributed by atoms with E-state index < -0.39 is 0 Å². The Kier molecular flexibility index (Phi) is 8.63. The average molecular weight is 653 g/mol. The molecule has 3 heterocycles. The molecule has 220 valence electrons. The van der Waals surface area contributed by atoms with Crippen molar-refractivity contribution in [2.45, 2.75) is 25.4 Å². The van der Waals surface area contributed by atoms with Gasteiger partial charge in [-0.1, -0.05) is 59.1 Å². The molecule has 43 heavy (non-hydrogen) atoms. The number of pyridine rings is 1. The summed E-state index contributed by atoms with van der Waals surface area (Å²) in [7, 11) is 0. The molecule has 2 bridgehead atoms. The van der Waals surface area contributed by atoms with Crippen molar-refractivity contribution in [3.05, 3.63) is 121 Å². The van der Waals surface area contributed by atoms with Crippen molar-refractivity contribution >= 4 is 75.1 Å². The highest BCUT2D eigenvalue weighted by atomic mass is 35.5. The molecule has 2 aliphatic rings. The van der Waals surface area contributed by atoms with Crippen LogP contribution in [0.5, 0.6) is 0 Å². The van der Waals surface area contributed by atoms with E-state index in [0.717, 1.165) is 36.5 Å². The molecule has 3 aromatic carbocycles. The van der Waals surface area contributed by atoms with Crippen LogP contribution in [0.25, 0.3) is 0 Å². The second kappa shape index (κ2) is 12.6. The van der Waals surface area contributed by atoms with Crippen LogP contribution in [-0.2, 0) is 13.1 Å². The van der Waals surface area contributed by atoms with Crippen molar-refractivity contribution in [1.82, 2.24) is 9.88 Å². The second-order valence-electron chi connectivity index (χ2n) is 10.8. The average Bonchev–Trinajstić information content (AvgIpc) is 2.98. The number of nitrogens with zero attached hydrogens (tertiary/aromatic N) is 2. The monoisotopic (exact) mass is 651 g/mol. The first-order chi connectivity index (χ1) is 20.7. The van der Waals surface area contributed by atoms with Crippen LogP contribution < -0.4 is 26.4 Å². The number of benzene rings is 3. The number of piperidine rings is 1. The van der Waals surface area contributed by atoms with Gasteiger partial charge in [0.15, 0.2) is 5.11 Å². The zero-order chi connectivity index (χ0) is 30.1. The molecule has 0 radical (unpaired) electrons. The zero-order valence-corrected chi connectivity index (χ0v) is 26.0. The minimum absolute atomic E-state index is 0.0486. The van der Waals surface area contributed by atoms with Crippen molar-refractivity contribution < 1.29 is 4.79 Å². The number of nitrogens with one attached hydrogen (secondary N) is 3. The van der Waals surface area contributed by atoms with E-state index in [1.165, 1.54) is 0 Å². The van der Waals surface area contributed by atoms with Gasteiger partial charge in [-0.3, -0.25) is 9.59 Å². The molecule has 11 heteroatoms. The van der Waals surface area contributed by atoms with Crippen molar-refractivity contribution in [2.75, 3.05) is 28.6 Å². The summed E-state index contributed by atoms with van der Waals surface area (Å²) in [6, 6.07) is 23.6. The van der Waals surface area contributed by atoms with Gasteiger partial charge < -0.3 is 25.4 Å². The van der Waals surface area contributed by atoms with Gasteiger partial charge in [-0.25, -0.2) is 0 Å². The van der Waals surface area contributed by atoms with Gasteiger partial charge in [0.05, 0.1) is 22.1 Å². The maximum atomic E-state index is 13.2. The van der Waals surface area contributed by atoms with Crippen molar-refractivity contribution in [1.29, 1.82) is 0 Å². The summed E-state index contributed by atoms with van der Waals surface area (Å²) < 4.78 is 1.91. The molecule has 0 saturated carbocycles. The summed E-state index contributed by atoms with van der Waals surface area (Å²) in [6.07, 6.45) is 1.03. The molecule has 0 spiro atoms. The Morgan fingerprint density at radius 3 is 2.49 bits per heavy atom. The van der Waals surface area contributed by atoms with Gasteiger partial charge in [0.2, 0.25) is 0 Å². The van der Waals surface area contributed by atoms with Crippen molar-refractivity contribution in [3.8, 4) is 0 Å². The van der Waals surface area contributed by atoms with E-state index in [4.69, 9.17) is 47.0 Å². The number of amides is 1. The first-order valence-electron chi connectivity index (χ1n) is 13.9. The third-order valence-corrected chi connectivity index (χ3v) is 9.02. The minimum atomic E-state index is -0.238. The number of carbonyl (C=O) groups excluding carboxylic acids is 1. The Balaban J connectivity index is 1.28. The molecule has 1 saturated heterocycles. The van der Waals surface area contributed by atoms with Gasteiger partial charge in [0.25, 0.3) is 11.5 Å². The number of fused-ring (bicyclic) bond motifs is 4. The number of halogens is 3. The molecule has 1 fully saturated rings. The van der Waals surface area contributed by atoms with E-state index >= 15 is 0 Å². The third-order valence-electron chi connectivity index (χ3n) is 7.90. The normalized spacial score (nSPS) is 17.1. The highest BCUT2D eigenvalue weighted by Crippen LogP contribution is 2.39. The Morgan fingerprint density at radius 1 is 0.860 bits per heavy atom. The van der Waals surface area contributed by atoms with E-state index in [-0.39, 0.29) is 17.4 Å². The van der Waals surface area contributed by atoms with Gasteiger partial charge in [-0.05, 0) is 78.7 Å². The lowest BCUT2D eigenvalue weighted by atomic mass is 9.83. The molecule has 0 aliphatic carbocycles. The number of hydrogen-bond acceptors (Lipinski definition) is 4. The lowest BCUT2D eigenvalue weighted by Crippen LogP contribution is -2.47. The summed E-state index contributed by atoms with van der Waals surface area (Å²) in [5.74, 6) is 0.291. The smallest absolute Gasteiger partial charge is 0.251 e. The van der Waals surface area contributed by atoms with Gasteiger partial charge in [-0.15, -0.1) is 0 Å². The molecule has 2 atom stereocenters. The topological polar surface area (TPSA) is 78.4 Å². The number of anilines is 3. The first kappa shape index (κ1) is 29.5. The summed E-state index contributed by atoms with van der Waals surface area (Å²) in [6.45, 7) is 2.48. The van der Waals surface area contributed by atoms with E-state index in [1.54, 1.807) is 36.4 Å². The molecule has 1 amide bonds. The number of carbonyl (C=O) groups is 1. The first-order valence-corrected chi connectivity index (χ1v) is 15.4. The summed E-state index contributed by atoms with van der Waals surface area (Å²) in [5.41, 5.74) is 4.61. The fourth-order valence-corrected chi connectivity index (χ4v) is 6.81. The Labute approximate surface area is 269 Å². The number of aromatic nitrogens is 1. The minimum Gasteiger partial charge on any atom is -0.369 e. The van der Waals surface area contributed by atoms with Crippen molar-refractivity contribution in [3.63, 3.8) is 0 Å². The largest absolute Gasteiger partial charge is 0.369 e. The van der Waals surface area contributed by atoms with Gasteiger partial charge in [-0.2, -0.15) is 0 Å². The molecule has 4 aromatic rings. The van der Waals surface area contributed by atoms with E-state index in [1.807, 2.05) is 47.0 Å². The van der Waals surface area contributed by atoms with E-state index in [9.17, 15) is 9.59 Å². The molecule has 7 nitrogen and oxygen atoms in total. The van der Waals surface area contributed by atoms with Crippen LogP contribution in [-0.4, -0.2) is 28.7 Å². The van der Waals surface area contributed by atoms with Crippen LogP contribution in [0.2, 0.25) is 15.1 Å². The quantitative estimate of drug-likeness (QED) is 0.192. The van der Waals surface area contributed by atoms with Crippen LogP contribution in [0.4, 0.5) is 17.1 Å². The lowest BCUT2D eigenvalue weighted by Gasteiger charge is -2.44. The SMILES string of the molecule is O=C(NCc1ccccc1Cl)c1ccc(N2C[C@H]3C[C@@H](C2)c2cccc(=O)n2C3)c(NC(=S)Nc2ccc(Cl)cc2Cl)c1. The molecule has 2 aliphatic heterocycles. The number of hydrogen-bond donors (Lipinski definition) is 3. The van der Waals surface area contributed by atoms with Crippen molar-refractivity contribution in [2.24, 2.45) is 5.92 Å². The van der Waals surface area contributed by atoms with Crippen LogP contribution in [0.15, 0.2) is 83.7 Å². The van der Waals surface area contributed by atoms with Gasteiger partial charge in [0.1, 0.15) is 0 Å². The fraction of sp³-hybridized carbons (Fsp3) is 0.219. The second-order valence-corrected chi connectivity index (χ2v) is 12.5. The predicted octanol–water partition coefficient (Wildman–Crippen LogP) is 7.17. The molecule has 0 unspecified atom stereocenters. The van der Waals surface area contributed by atoms with E-state index in [0.29, 0.717) is 56.1 Å². The van der Waals surface area contributed by atoms with Crippen LogP contribution >= 0.6 is 47.0 Å². The highest BCUT2D eigenvalue weighted by Gasteiger charge is 2.35. The van der Waals surface area contributed by atoms with Gasteiger partial charge >= 0.3 is 0 Å². The summed E-state index contributed by atoms with van der Waals surface area (Å²) in [4.78, 5) is 28.1. The van der Waals surface area contributed by atoms with Crippen LogP contribution in [0.3, 0.4) is 0 Å². The number of rotatable bonds is 6. The maximum absolute atomic E-state index is 13.2. The molecule has 3 N–H and O–H groups in total. The Hall–Kier alpha value is -3.56. The molecule has 6 rings (SSSR count). The van der Waals surface area contributed by atoms with Crippen LogP contribution in [0, 0.1) is 5.92 Å². The van der Waals surface area contributed by atoms with E-state index in [2.05, 4.69) is 20.9 Å². The summed E-state index contributed by atoms with van der Waals surface area (Å²) in [5, 5.41) is 11.3. The Bertz CT molecular complexity index is 1780. The lowest BCUT2D eigenvalue weighted by molar-refractivity contribution is 0.0951. The molecule has 1 aromatic heterocycles.